The fraction of sp³-hybridized carbons (Fsp3) is 0. The van der Waals surface area contributed by atoms with Crippen LogP contribution in [0.4, 0.5) is 10.5 Å². The number of nitro benzene ring substituents is 1. The quantitative estimate of drug-likeness (QED) is 0.404. The largest absolute Gasteiger partial charge is 0.429 e. The molecular weight excluding hydrogens is 308 g/mol. The molecule has 3 rings (SSSR count). The van der Waals surface area contributed by atoms with Crippen LogP contribution in [-0.2, 0) is 0 Å². The van der Waals surface area contributed by atoms with Gasteiger partial charge in [0.2, 0.25) is 0 Å². The van der Waals surface area contributed by atoms with Crippen molar-refractivity contribution in [3.05, 3.63) is 63.5 Å². The Hall–Kier alpha value is -3.00. The van der Waals surface area contributed by atoms with Crippen molar-refractivity contribution in [2.45, 2.75) is 0 Å². The van der Waals surface area contributed by atoms with Crippen molar-refractivity contribution in [2.24, 2.45) is 0 Å². The molecule has 0 saturated heterocycles. The number of para-hydroxylation sites is 1. The van der Waals surface area contributed by atoms with Gasteiger partial charge in [0, 0.05) is 6.07 Å². The lowest BCUT2D eigenvalue weighted by molar-refractivity contribution is -0.384. The van der Waals surface area contributed by atoms with Crippen LogP contribution in [0.2, 0.25) is 0 Å². The summed E-state index contributed by atoms with van der Waals surface area (Å²) in [5.74, 6) is 0.352. The molecule has 0 N–H and O–H groups in total. The summed E-state index contributed by atoms with van der Waals surface area (Å²) in [6, 6.07) is 12.3. The summed E-state index contributed by atoms with van der Waals surface area (Å²) in [6.07, 6.45) is -0.746. The molecule has 1 aromatic heterocycles. The molecule has 0 unspecified atom stereocenters. The fourth-order valence-electron chi connectivity index (χ4n) is 1.93. The molecule has 2 aromatic carbocycles. The van der Waals surface area contributed by atoms with Crippen LogP contribution in [0.3, 0.4) is 0 Å². The first kappa shape index (κ1) is 14.0. The molecule has 0 atom stereocenters. The maximum absolute atomic E-state index is 12.2. The van der Waals surface area contributed by atoms with Gasteiger partial charge in [-0.25, -0.2) is 9.36 Å². The Labute approximate surface area is 128 Å². The minimum Gasteiger partial charge on any atom is -0.429 e. The number of nitro groups is 1. The maximum atomic E-state index is 12.2. The number of aromatic nitrogens is 1. The molecule has 8 heteroatoms. The van der Waals surface area contributed by atoms with Gasteiger partial charge in [0.25, 0.3) is 10.5 Å². The van der Waals surface area contributed by atoms with E-state index in [9.17, 15) is 14.9 Å². The zero-order valence-corrected chi connectivity index (χ0v) is 11.8. The highest BCUT2D eigenvalue weighted by molar-refractivity contribution is 7.71. The average molecular weight is 316 g/mol. The van der Waals surface area contributed by atoms with Crippen molar-refractivity contribution >= 4 is 35.1 Å². The van der Waals surface area contributed by atoms with Gasteiger partial charge in [-0.2, -0.15) is 0 Å². The van der Waals surface area contributed by atoms with E-state index in [2.05, 4.69) is 0 Å². The number of ether oxygens (including phenoxy) is 1. The Balaban J connectivity index is 2.03. The summed E-state index contributed by atoms with van der Waals surface area (Å²) in [4.78, 5) is 22.3. The van der Waals surface area contributed by atoms with Crippen molar-refractivity contribution in [3.63, 3.8) is 0 Å². The van der Waals surface area contributed by atoms with Crippen LogP contribution < -0.4 is 4.74 Å². The minimum atomic E-state index is -0.746. The van der Waals surface area contributed by atoms with Gasteiger partial charge in [-0.3, -0.25) is 10.1 Å². The fourth-order valence-corrected chi connectivity index (χ4v) is 2.19. The number of benzene rings is 2. The average Bonchev–Trinajstić information content (AvgIpc) is 2.83. The molecule has 0 aliphatic heterocycles. The summed E-state index contributed by atoms with van der Waals surface area (Å²) in [5.41, 5.74) is 0.292. The van der Waals surface area contributed by atoms with E-state index in [-0.39, 0.29) is 16.1 Å². The van der Waals surface area contributed by atoms with E-state index in [1.165, 1.54) is 18.2 Å². The molecule has 0 spiro atoms. The van der Waals surface area contributed by atoms with Crippen molar-refractivity contribution in [1.82, 2.24) is 4.57 Å². The molecule has 0 aliphatic carbocycles. The topological polar surface area (TPSA) is 87.5 Å². The van der Waals surface area contributed by atoms with Crippen LogP contribution in [-0.4, -0.2) is 15.6 Å². The molecule has 7 nitrogen and oxygen atoms in total. The third-order valence-corrected chi connectivity index (χ3v) is 3.17. The van der Waals surface area contributed by atoms with Crippen LogP contribution in [0.25, 0.3) is 11.1 Å². The standard InChI is InChI=1S/C14H8N2O5S/c17-13(20-10-4-2-1-3-5-10)15-11-7-6-9(16(18)19)8-12(11)21-14(15)22/h1-8H. The molecule has 0 saturated carbocycles. The Morgan fingerprint density at radius 3 is 2.64 bits per heavy atom. The molecule has 0 radical (unpaired) electrons. The van der Waals surface area contributed by atoms with Crippen LogP contribution in [0.5, 0.6) is 5.75 Å². The molecule has 22 heavy (non-hydrogen) atoms. The second-order valence-electron chi connectivity index (χ2n) is 4.29. The smallest absolute Gasteiger partial charge is 0.427 e. The third kappa shape index (κ3) is 2.47. The van der Waals surface area contributed by atoms with Gasteiger partial charge in [-0.1, -0.05) is 18.2 Å². The maximum Gasteiger partial charge on any atom is 0.427 e. The molecule has 0 amide bonds. The number of non-ortho nitro benzene ring substituents is 1. The SMILES string of the molecule is O=C(Oc1ccccc1)n1c(=S)oc2cc([N+](=O)[O-])ccc21. The first-order valence-corrected chi connectivity index (χ1v) is 6.54. The third-order valence-electron chi connectivity index (χ3n) is 2.91. The monoisotopic (exact) mass is 316 g/mol. The van der Waals surface area contributed by atoms with Crippen LogP contribution >= 0.6 is 12.2 Å². The number of carbonyl (C=O) groups is 1. The van der Waals surface area contributed by atoms with E-state index in [0.29, 0.717) is 11.3 Å². The number of oxazole rings is 1. The predicted octanol–water partition coefficient (Wildman–Crippen LogP) is 3.92. The van der Waals surface area contributed by atoms with E-state index >= 15 is 0 Å². The highest BCUT2D eigenvalue weighted by Gasteiger charge is 2.18. The van der Waals surface area contributed by atoms with Crippen LogP contribution in [0.1, 0.15) is 0 Å². The second kappa shape index (κ2) is 5.41. The van der Waals surface area contributed by atoms with E-state index in [1.54, 1.807) is 30.3 Å². The lowest BCUT2D eigenvalue weighted by Crippen LogP contribution is -2.16. The number of hydrogen-bond donors (Lipinski definition) is 0. The second-order valence-corrected chi connectivity index (χ2v) is 4.64. The molecule has 3 aromatic rings. The number of rotatable bonds is 2. The number of fused-ring (bicyclic) bond motifs is 1. The van der Waals surface area contributed by atoms with Crippen LogP contribution in [0, 0.1) is 15.0 Å². The van der Waals surface area contributed by atoms with Gasteiger partial charge < -0.3 is 9.15 Å². The lowest BCUT2D eigenvalue weighted by Gasteiger charge is -2.04. The summed E-state index contributed by atoms with van der Waals surface area (Å²) in [7, 11) is 0. The molecule has 0 aliphatic rings. The van der Waals surface area contributed by atoms with Crippen molar-refractivity contribution in [2.75, 3.05) is 0 Å². The summed E-state index contributed by atoms with van der Waals surface area (Å²) in [5, 5.41) is 10.8. The van der Waals surface area contributed by atoms with Gasteiger partial charge in [0.05, 0.1) is 16.5 Å². The summed E-state index contributed by atoms with van der Waals surface area (Å²) >= 11 is 4.98. The molecule has 1 heterocycles. The van der Waals surface area contributed by atoms with E-state index < -0.39 is 11.0 Å². The zero-order valence-electron chi connectivity index (χ0n) is 11.0. The van der Waals surface area contributed by atoms with E-state index in [0.717, 1.165) is 4.57 Å². The molecular formula is C14H8N2O5S. The normalized spacial score (nSPS) is 10.5. The number of hydrogen-bond acceptors (Lipinski definition) is 6. The Morgan fingerprint density at radius 1 is 1.23 bits per heavy atom. The van der Waals surface area contributed by atoms with Gasteiger partial charge >= 0.3 is 6.09 Å². The Morgan fingerprint density at radius 2 is 1.95 bits per heavy atom. The minimum absolute atomic E-state index is 0.142. The Bertz CT molecular complexity index is 929. The van der Waals surface area contributed by atoms with Gasteiger partial charge in [-0.15, -0.1) is 0 Å². The highest BCUT2D eigenvalue weighted by Crippen LogP contribution is 2.23. The molecule has 110 valence electrons. The predicted molar refractivity (Wildman–Crippen MR) is 79.6 cm³/mol. The van der Waals surface area contributed by atoms with Crippen molar-refractivity contribution < 1.29 is 18.9 Å². The van der Waals surface area contributed by atoms with Crippen molar-refractivity contribution in [1.29, 1.82) is 0 Å². The lowest BCUT2D eigenvalue weighted by atomic mass is 10.3. The van der Waals surface area contributed by atoms with Crippen LogP contribution in [0.15, 0.2) is 52.9 Å². The summed E-state index contributed by atoms with van der Waals surface area (Å²) < 4.78 is 11.5. The van der Waals surface area contributed by atoms with Crippen molar-refractivity contribution in [3.8, 4) is 5.75 Å². The van der Waals surface area contributed by atoms with Gasteiger partial charge in [0.1, 0.15) is 5.75 Å². The molecule has 0 bridgehead atoms. The van der Waals surface area contributed by atoms with Gasteiger partial charge in [0.15, 0.2) is 5.58 Å². The van der Waals surface area contributed by atoms with E-state index in [1.807, 2.05) is 0 Å². The van der Waals surface area contributed by atoms with Gasteiger partial charge in [-0.05, 0) is 30.4 Å². The molecule has 0 fully saturated rings. The number of nitrogens with zero attached hydrogens (tertiary/aromatic N) is 2. The first-order valence-electron chi connectivity index (χ1n) is 6.13. The first-order chi connectivity index (χ1) is 10.6. The summed E-state index contributed by atoms with van der Waals surface area (Å²) in [6.45, 7) is 0. The highest BCUT2D eigenvalue weighted by atomic mass is 32.1. The Kier molecular flexibility index (Phi) is 3.43. The zero-order chi connectivity index (χ0) is 15.7. The van der Waals surface area contributed by atoms with E-state index in [4.69, 9.17) is 21.4 Å². The number of carbonyl (C=O) groups excluding carboxylic acids is 1.